The maximum absolute atomic E-state index is 12.3. The molecule has 3 rings (SSSR count). The molecule has 2 amide bonds. The SMILES string of the molecule is N=C1NC(=O)C(=Cc2ccc(C(=O)NCCSc3cc(C(=O)O)nc(C(=O)O)c3)cc2)S1. The van der Waals surface area contributed by atoms with Crippen molar-refractivity contribution in [3.8, 4) is 0 Å². The van der Waals surface area contributed by atoms with Crippen molar-refractivity contribution >= 4 is 58.5 Å². The van der Waals surface area contributed by atoms with Crippen LogP contribution in [-0.2, 0) is 4.79 Å². The van der Waals surface area contributed by atoms with Crippen LogP contribution in [0.3, 0.4) is 0 Å². The van der Waals surface area contributed by atoms with Gasteiger partial charge in [0.05, 0.1) is 4.91 Å². The number of aromatic carboxylic acids is 2. The Morgan fingerprint density at radius 1 is 1.12 bits per heavy atom. The molecule has 1 aliphatic rings. The zero-order chi connectivity index (χ0) is 23.3. The minimum atomic E-state index is -1.33. The van der Waals surface area contributed by atoms with E-state index in [-0.39, 0.29) is 34.9 Å². The molecule has 0 saturated carbocycles. The van der Waals surface area contributed by atoms with E-state index in [4.69, 9.17) is 15.6 Å². The number of amidine groups is 1. The van der Waals surface area contributed by atoms with E-state index < -0.39 is 11.9 Å². The molecule has 164 valence electrons. The second-order valence-corrected chi connectivity index (χ2v) is 8.52. The Kier molecular flexibility index (Phi) is 7.28. The van der Waals surface area contributed by atoms with Crippen molar-refractivity contribution in [1.29, 1.82) is 5.41 Å². The van der Waals surface area contributed by atoms with E-state index in [1.165, 1.54) is 23.9 Å². The van der Waals surface area contributed by atoms with Gasteiger partial charge in [-0.1, -0.05) is 12.1 Å². The van der Waals surface area contributed by atoms with E-state index in [0.717, 1.165) is 11.8 Å². The normalized spacial score (nSPS) is 14.3. The number of thioether (sulfide) groups is 2. The van der Waals surface area contributed by atoms with Crippen molar-refractivity contribution in [2.45, 2.75) is 4.90 Å². The Hall–Kier alpha value is -3.64. The third kappa shape index (κ3) is 5.95. The second kappa shape index (κ2) is 10.1. The Labute approximate surface area is 190 Å². The molecule has 10 nitrogen and oxygen atoms in total. The van der Waals surface area contributed by atoms with E-state index in [1.807, 2.05) is 0 Å². The van der Waals surface area contributed by atoms with Crippen LogP contribution >= 0.6 is 23.5 Å². The van der Waals surface area contributed by atoms with E-state index in [2.05, 4.69) is 15.6 Å². The van der Waals surface area contributed by atoms with Crippen LogP contribution in [-0.4, -0.2) is 56.4 Å². The third-order valence-corrected chi connectivity index (χ3v) is 5.83. The smallest absolute Gasteiger partial charge is 0.354 e. The molecule has 0 aliphatic carbocycles. The van der Waals surface area contributed by atoms with Crippen LogP contribution in [0.5, 0.6) is 0 Å². The van der Waals surface area contributed by atoms with Crippen LogP contribution < -0.4 is 10.6 Å². The molecular formula is C20H16N4O6S2. The van der Waals surface area contributed by atoms with Gasteiger partial charge in [0.1, 0.15) is 11.4 Å². The van der Waals surface area contributed by atoms with Gasteiger partial charge in [0.15, 0.2) is 5.17 Å². The van der Waals surface area contributed by atoms with Crippen molar-refractivity contribution in [2.24, 2.45) is 0 Å². The van der Waals surface area contributed by atoms with Gasteiger partial charge in [0.25, 0.3) is 11.8 Å². The van der Waals surface area contributed by atoms with E-state index in [0.29, 0.717) is 26.7 Å². The van der Waals surface area contributed by atoms with Gasteiger partial charge in [0, 0.05) is 22.8 Å². The fourth-order valence-corrected chi connectivity index (χ4v) is 4.10. The molecule has 1 fully saturated rings. The van der Waals surface area contributed by atoms with Crippen molar-refractivity contribution in [1.82, 2.24) is 15.6 Å². The molecule has 12 heteroatoms. The number of carbonyl (C=O) groups is 4. The zero-order valence-corrected chi connectivity index (χ0v) is 17.9. The molecule has 0 spiro atoms. The number of nitrogens with zero attached hydrogens (tertiary/aromatic N) is 1. The summed E-state index contributed by atoms with van der Waals surface area (Å²) in [5.74, 6) is -2.91. The van der Waals surface area contributed by atoms with Gasteiger partial charge >= 0.3 is 11.9 Å². The maximum atomic E-state index is 12.3. The molecule has 2 heterocycles. The minimum Gasteiger partial charge on any atom is -0.477 e. The van der Waals surface area contributed by atoms with Crippen molar-refractivity contribution in [2.75, 3.05) is 12.3 Å². The van der Waals surface area contributed by atoms with Crippen LogP contribution in [0.25, 0.3) is 6.08 Å². The number of carboxylic acids is 2. The molecule has 5 N–H and O–H groups in total. The first kappa shape index (κ1) is 23.0. The highest BCUT2D eigenvalue weighted by molar-refractivity contribution is 8.18. The van der Waals surface area contributed by atoms with Crippen LogP contribution in [0, 0.1) is 5.41 Å². The summed E-state index contributed by atoms with van der Waals surface area (Å²) in [6.45, 7) is 0.265. The van der Waals surface area contributed by atoms with Gasteiger partial charge in [-0.05, 0) is 47.7 Å². The van der Waals surface area contributed by atoms with Crippen molar-refractivity contribution in [3.05, 3.63) is 63.8 Å². The van der Waals surface area contributed by atoms with Gasteiger partial charge in [-0.2, -0.15) is 0 Å². The molecule has 1 aromatic carbocycles. The minimum absolute atomic E-state index is 0.0697. The fourth-order valence-electron chi connectivity index (χ4n) is 2.57. The molecule has 32 heavy (non-hydrogen) atoms. The summed E-state index contributed by atoms with van der Waals surface area (Å²) in [7, 11) is 0. The average Bonchev–Trinajstić information content (AvgIpc) is 3.07. The standard InChI is InChI=1S/C20H16N4O6S2/c21-20-24-17(26)15(32-20)7-10-1-3-11(4-2-10)16(25)22-5-6-31-12-8-13(18(27)28)23-14(9-12)19(29)30/h1-4,7-9H,5-6H2,(H,22,25)(H,27,28)(H,29,30)(H2,21,24,26). The summed E-state index contributed by atoms with van der Waals surface area (Å²) in [5, 5.41) is 30.7. The van der Waals surface area contributed by atoms with E-state index >= 15 is 0 Å². The molecule has 1 saturated heterocycles. The highest BCUT2D eigenvalue weighted by Gasteiger charge is 2.22. The molecule has 0 unspecified atom stereocenters. The summed E-state index contributed by atoms with van der Waals surface area (Å²) in [5.41, 5.74) is 0.401. The summed E-state index contributed by atoms with van der Waals surface area (Å²) in [6, 6.07) is 9.14. The summed E-state index contributed by atoms with van der Waals surface area (Å²) >= 11 is 2.22. The van der Waals surface area contributed by atoms with Gasteiger partial charge in [-0.3, -0.25) is 15.0 Å². The number of benzene rings is 1. The number of pyridine rings is 1. The lowest BCUT2D eigenvalue weighted by atomic mass is 10.1. The predicted octanol–water partition coefficient (Wildman–Crippen LogP) is 2.14. The average molecular weight is 473 g/mol. The number of carbonyl (C=O) groups excluding carboxylic acids is 2. The molecule has 2 aromatic rings. The van der Waals surface area contributed by atoms with Crippen molar-refractivity contribution in [3.63, 3.8) is 0 Å². The number of carboxylic acid groups (broad SMARTS) is 2. The lowest BCUT2D eigenvalue weighted by molar-refractivity contribution is -0.115. The van der Waals surface area contributed by atoms with Gasteiger partial charge in [-0.25, -0.2) is 14.6 Å². The number of rotatable bonds is 8. The van der Waals surface area contributed by atoms with Crippen LogP contribution in [0.1, 0.15) is 36.9 Å². The highest BCUT2D eigenvalue weighted by atomic mass is 32.2. The Bertz CT molecular complexity index is 1120. The first-order chi connectivity index (χ1) is 15.2. The molecule has 0 radical (unpaired) electrons. The van der Waals surface area contributed by atoms with E-state index in [1.54, 1.807) is 30.3 Å². The molecular weight excluding hydrogens is 456 g/mol. The maximum Gasteiger partial charge on any atom is 0.354 e. The Morgan fingerprint density at radius 3 is 2.28 bits per heavy atom. The van der Waals surface area contributed by atoms with Crippen LogP contribution in [0.2, 0.25) is 0 Å². The topological polar surface area (TPSA) is 170 Å². The fraction of sp³-hybridized carbons (Fsp3) is 0.100. The predicted molar refractivity (Wildman–Crippen MR) is 119 cm³/mol. The second-order valence-electron chi connectivity index (χ2n) is 6.30. The molecule has 1 aromatic heterocycles. The highest BCUT2D eigenvalue weighted by Crippen LogP contribution is 2.25. The van der Waals surface area contributed by atoms with Gasteiger partial charge in [-0.15, -0.1) is 11.8 Å². The van der Waals surface area contributed by atoms with Crippen molar-refractivity contribution < 1.29 is 29.4 Å². The summed E-state index contributed by atoms with van der Waals surface area (Å²) in [6.07, 6.45) is 1.63. The number of aromatic nitrogens is 1. The summed E-state index contributed by atoms with van der Waals surface area (Å²) in [4.78, 5) is 50.5. The largest absolute Gasteiger partial charge is 0.477 e. The van der Waals surface area contributed by atoms with E-state index in [9.17, 15) is 19.2 Å². The van der Waals surface area contributed by atoms with Gasteiger partial charge in [0.2, 0.25) is 0 Å². The number of amides is 2. The lowest BCUT2D eigenvalue weighted by Gasteiger charge is -2.07. The molecule has 0 atom stereocenters. The molecule has 0 bridgehead atoms. The monoisotopic (exact) mass is 472 g/mol. The van der Waals surface area contributed by atoms with Crippen LogP contribution in [0.15, 0.2) is 46.2 Å². The number of hydrogen-bond donors (Lipinski definition) is 5. The van der Waals surface area contributed by atoms with Crippen LogP contribution in [0.4, 0.5) is 0 Å². The lowest BCUT2D eigenvalue weighted by Crippen LogP contribution is -2.25. The number of hydrogen-bond acceptors (Lipinski definition) is 8. The number of nitrogens with one attached hydrogen (secondary N) is 3. The quantitative estimate of drug-likeness (QED) is 0.219. The molecule has 1 aliphatic heterocycles. The first-order valence-electron chi connectivity index (χ1n) is 9.02. The summed E-state index contributed by atoms with van der Waals surface area (Å²) < 4.78 is 0. The van der Waals surface area contributed by atoms with Gasteiger partial charge < -0.3 is 20.8 Å². The third-order valence-electron chi connectivity index (χ3n) is 4.03. The Morgan fingerprint density at radius 2 is 1.75 bits per heavy atom. The zero-order valence-electron chi connectivity index (χ0n) is 16.2. The Balaban J connectivity index is 1.54. The first-order valence-corrected chi connectivity index (χ1v) is 10.8.